The minimum Gasteiger partial charge on any atom is -0.282 e. The number of aryl methyl sites for hydroxylation is 1. The minimum atomic E-state index is -4.13. The van der Waals surface area contributed by atoms with Gasteiger partial charge >= 0.3 is 0 Å². The Hall–Kier alpha value is -0.940. The van der Waals surface area contributed by atoms with Crippen molar-refractivity contribution in [2.24, 2.45) is 0 Å². The summed E-state index contributed by atoms with van der Waals surface area (Å²) in [6.45, 7) is -0.248. The molecule has 1 N–H and O–H groups in total. The Morgan fingerprint density at radius 2 is 1.53 bits per heavy atom. The summed E-state index contributed by atoms with van der Waals surface area (Å²) in [6.07, 6.45) is 6.11. The molecule has 0 saturated heterocycles. The first-order chi connectivity index (χ1) is 9.05. The third-order valence-electron chi connectivity index (χ3n) is 3.08. The molecule has 1 aromatic rings. The zero-order valence-electron chi connectivity index (χ0n) is 11.0. The Bertz CT molecular complexity index is 471. The van der Waals surface area contributed by atoms with Gasteiger partial charge in [-0.2, -0.15) is 8.42 Å². The highest BCUT2D eigenvalue weighted by molar-refractivity contribution is 7.85. The highest BCUT2D eigenvalue weighted by Gasteiger charge is 2.13. The van der Waals surface area contributed by atoms with Crippen LogP contribution in [0.1, 0.15) is 44.1 Å². The second-order valence-corrected chi connectivity index (χ2v) is 6.03. The van der Waals surface area contributed by atoms with Gasteiger partial charge in [-0.1, -0.05) is 43.9 Å². The average molecular weight is 288 g/mol. The van der Waals surface area contributed by atoms with Crippen LogP contribution in [-0.4, -0.2) is 19.6 Å². The molecule has 0 saturated carbocycles. The zero-order chi connectivity index (χ0) is 14.1. The Balaban J connectivity index is 2.38. The van der Waals surface area contributed by atoms with Gasteiger partial charge in [0.25, 0.3) is 10.1 Å². The molecule has 5 heteroatoms. The predicted molar refractivity (Wildman–Crippen MR) is 73.6 cm³/mol. The molecule has 108 valence electrons. The number of unbranched alkanes of at least 4 members (excludes halogenated alkanes) is 5. The van der Waals surface area contributed by atoms with Gasteiger partial charge in [0.2, 0.25) is 0 Å². The van der Waals surface area contributed by atoms with Crippen molar-refractivity contribution in [3.05, 3.63) is 29.8 Å². The molecule has 0 fully saturated rings. The third-order valence-corrected chi connectivity index (χ3v) is 4.03. The molecular formula is C14H21FO3S. The number of hydrogen-bond donors (Lipinski definition) is 1. The summed E-state index contributed by atoms with van der Waals surface area (Å²) in [7, 11) is -4.13. The van der Waals surface area contributed by atoms with Gasteiger partial charge < -0.3 is 0 Å². The molecule has 19 heavy (non-hydrogen) atoms. The van der Waals surface area contributed by atoms with E-state index in [9.17, 15) is 12.8 Å². The van der Waals surface area contributed by atoms with Gasteiger partial charge in [-0.15, -0.1) is 0 Å². The third kappa shape index (κ3) is 6.16. The molecule has 1 aromatic carbocycles. The van der Waals surface area contributed by atoms with Crippen molar-refractivity contribution in [3.63, 3.8) is 0 Å². The maximum Gasteiger partial charge on any atom is 0.294 e. The van der Waals surface area contributed by atoms with Crippen LogP contribution in [0.3, 0.4) is 0 Å². The number of halogens is 1. The van der Waals surface area contributed by atoms with Crippen molar-refractivity contribution in [2.45, 2.75) is 49.8 Å². The Morgan fingerprint density at radius 1 is 0.947 bits per heavy atom. The van der Waals surface area contributed by atoms with Gasteiger partial charge in [0, 0.05) is 0 Å². The van der Waals surface area contributed by atoms with Crippen molar-refractivity contribution in [1.82, 2.24) is 0 Å². The highest BCUT2D eigenvalue weighted by Crippen LogP contribution is 2.18. The molecule has 0 bridgehead atoms. The van der Waals surface area contributed by atoms with Crippen LogP contribution >= 0.6 is 0 Å². The first-order valence-electron chi connectivity index (χ1n) is 6.67. The van der Waals surface area contributed by atoms with E-state index in [0.717, 1.165) is 32.1 Å². The predicted octanol–water partition coefficient (Wildman–Crippen LogP) is 3.79. The van der Waals surface area contributed by atoms with Crippen LogP contribution < -0.4 is 0 Å². The molecule has 0 spiro atoms. The quantitative estimate of drug-likeness (QED) is 0.555. The summed E-state index contributed by atoms with van der Waals surface area (Å²) in [5, 5.41) is 0. The number of benzene rings is 1. The van der Waals surface area contributed by atoms with Gasteiger partial charge in [0.15, 0.2) is 0 Å². The van der Waals surface area contributed by atoms with Gasteiger partial charge in [-0.05, 0) is 30.9 Å². The normalized spacial score (nSPS) is 11.7. The summed E-state index contributed by atoms with van der Waals surface area (Å²) < 4.78 is 43.3. The monoisotopic (exact) mass is 288 g/mol. The minimum absolute atomic E-state index is 0.00688. The van der Waals surface area contributed by atoms with Crippen LogP contribution in [0.15, 0.2) is 29.2 Å². The van der Waals surface area contributed by atoms with E-state index in [2.05, 4.69) is 0 Å². The van der Waals surface area contributed by atoms with Crippen LogP contribution in [0, 0.1) is 0 Å². The lowest BCUT2D eigenvalue weighted by Gasteiger charge is -2.06. The van der Waals surface area contributed by atoms with E-state index in [4.69, 9.17) is 4.55 Å². The molecule has 0 heterocycles. The molecule has 0 aliphatic carbocycles. The summed E-state index contributed by atoms with van der Waals surface area (Å²) in [6, 6.07) is 6.52. The van der Waals surface area contributed by atoms with Crippen molar-refractivity contribution in [1.29, 1.82) is 0 Å². The van der Waals surface area contributed by atoms with E-state index in [-0.39, 0.29) is 11.6 Å². The van der Waals surface area contributed by atoms with E-state index in [1.165, 1.54) is 6.07 Å². The molecule has 0 atom stereocenters. The lowest BCUT2D eigenvalue weighted by molar-refractivity contribution is 0.450. The lowest BCUT2D eigenvalue weighted by Crippen LogP contribution is -2.03. The summed E-state index contributed by atoms with van der Waals surface area (Å²) in [5.74, 6) is 0. The SMILES string of the molecule is O=S(=O)(O)c1ccccc1CCCCCCCCF. The molecule has 3 nitrogen and oxygen atoms in total. The molecule has 0 unspecified atom stereocenters. The Morgan fingerprint density at radius 3 is 2.16 bits per heavy atom. The van der Waals surface area contributed by atoms with E-state index in [1.807, 2.05) is 0 Å². The fourth-order valence-electron chi connectivity index (χ4n) is 2.08. The smallest absolute Gasteiger partial charge is 0.282 e. The van der Waals surface area contributed by atoms with Gasteiger partial charge in [0.1, 0.15) is 0 Å². The second kappa shape index (κ2) is 8.27. The van der Waals surface area contributed by atoms with Gasteiger partial charge in [-0.3, -0.25) is 8.94 Å². The van der Waals surface area contributed by atoms with Crippen LogP contribution in [-0.2, 0) is 16.5 Å². The van der Waals surface area contributed by atoms with E-state index in [0.29, 0.717) is 18.4 Å². The van der Waals surface area contributed by atoms with Crippen molar-refractivity contribution >= 4 is 10.1 Å². The number of alkyl halides is 1. The van der Waals surface area contributed by atoms with E-state index < -0.39 is 10.1 Å². The van der Waals surface area contributed by atoms with Crippen LogP contribution in [0.2, 0.25) is 0 Å². The zero-order valence-corrected chi connectivity index (χ0v) is 11.8. The first-order valence-corrected chi connectivity index (χ1v) is 8.11. The molecular weight excluding hydrogens is 267 g/mol. The topological polar surface area (TPSA) is 54.4 Å². The average Bonchev–Trinajstić information content (AvgIpc) is 2.37. The number of hydrogen-bond acceptors (Lipinski definition) is 2. The maximum absolute atomic E-state index is 11.9. The number of rotatable bonds is 9. The fourth-order valence-corrected chi connectivity index (χ4v) is 2.83. The maximum atomic E-state index is 11.9. The molecule has 0 amide bonds. The Labute approximate surface area is 114 Å². The Kier molecular flexibility index (Phi) is 7.02. The fraction of sp³-hybridized carbons (Fsp3) is 0.571. The van der Waals surface area contributed by atoms with Crippen molar-refractivity contribution in [2.75, 3.05) is 6.67 Å². The van der Waals surface area contributed by atoms with Gasteiger partial charge in [-0.25, -0.2) is 0 Å². The summed E-state index contributed by atoms with van der Waals surface area (Å²) in [4.78, 5) is 0.00688. The standard InChI is InChI=1S/C14H21FO3S/c15-12-8-4-2-1-3-5-9-13-10-6-7-11-14(13)19(16,17)18/h6-7,10-11H,1-5,8-9,12H2,(H,16,17,18). The largest absolute Gasteiger partial charge is 0.294 e. The molecule has 0 aliphatic rings. The molecule has 0 aliphatic heterocycles. The van der Waals surface area contributed by atoms with Crippen molar-refractivity contribution < 1.29 is 17.4 Å². The highest BCUT2D eigenvalue weighted by atomic mass is 32.2. The molecule has 0 radical (unpaired) electrons. The molecule has 1 rings (SSSR count). The van der Waals surface area contributed by atoms with E-state index >= 15 is 0 Å². The van der Waals surface area contributed by atoms with Crippen LogP contribution in [0.25, 0.3) is 0 Å². The van der Waals surface area contributed by atoms with Crippen molar-refractivity contribution in [3.8, 4) is 0 Å². The lowest BCUT2D eigenvalue weighted by atomic mass is 10.1. The summed E-state index contributed by atoms with van der Waals surface area (Å²) >= 11 is 0. The van der Waals surface area contributed by atoms with E-state index in [1.54, 1.807) is 18.2 Å². The van der Waals surface area contributed by atoms with Gasteiger partial charge in [0.05, 0.1) is 11.6 Å². The van der Waals surface area contributed by atoms with Crippen LogP contribution in [0.4, 0.5) is 4.39 Å². The van der Waals surface area contributed by atoms with Crippen LogP contribution in [0.5, 0.6) is 0 Å². The second-order valence-electron chi connectivity index (χ2n) is 4.64. The first kappa shape index (κ1) is 16.1. The molecule has 0 aromatic heterocycles. The summed E-state index contributed by atoms with van der Waals surface area (Å²) in [5.41, 5.74) is 0.661.